The van der Waals surface area contributed by atoms with E-state index in [1.165, 1.54) is 21.1 Å². The third kappa shape index (κ3) is 4.19. The number of ether oxygens (including phenoxy) is 1. The van der Waals surface area contributed by atoms with Gasteiger partial charge in [-0.1, -0.05) is 30.3 Å². The zero-order chi connectivity index (χ0) is 18.9. The molecule has 27 heavy (non-hydrogen) atoms. The van der Waals surface area contributed by atoms with E-state index in [1.54, 1.807) is 14.0 Å². The maximum atomic E-state index is 13.0. The number of sulfonamides is 1. The summed E-state index contributed by atoms with van der Waals surface area (Å²) in [6, 6.07) is 10.8. The summed E-state index contributed by atoms with van der Waals surface area (Å²) in [4.78, 5) is 12.0. The van der Waals surface area contributed by atoms with Crippen molar-refractivity contribution in [3.8, 4) is 0 Å². The Morgan fingerprint density at radius 1 is 1.26 bits per heavy atom. The van der Waals surface area contributed by atoms with Gasteiger partial charge in [0.15, 0.2) is 0 Å². The molecule has 1 aliphatic heterocycles. The lowest BCUT2D eigenvalue weighted by atomic mass is 9.95. The van der Waals surface area contributed by atoms with E-state index in [2.05, 4.69) is 0 Å². The molecule has 3 rings (SSSR count). The van der Waals surface area contributed by atoms with Crippen LogP contribution in [0.15, 0.2) is 47.5 Å². The van der Waals surface area contributed by atoms with E-state index in [1.807, 2.05) is 30.3 Å². The predicted octanol–water partition coefficient (Wildman–Crippen LogP) is 1.74. The average molecular weight is 414 g/mol. The fraction of sp³-hybridized carbons (Fsp3) is 0.389. The molecule has 1 saturated heterocycles. The molecule has 2 aromatic rings. The number of hydrogen-bond donors (Lipinski definition) is 1. The van der Waals surface area contributed by atoms with Crippen molar-refractivity contribution < 1.29 is 17.9 Å². The van der Waals surface area contributed by atoms with Gasteiger partial charge in [-0.3, -0.25) is 0 Å². The number of halogens is 1. The Kier molecular flexibility index (Phi) is 6.69. The number of hydrogen-bond acceptors (Lipinski definition) is 5. The van der Waals surface area contributed by atoms with Gasteiger partial charge in [0.05, 0.1) is 6.61 Å². The lowest BCUT2D eigenvalue weighted by Gasteiger charge is -2.15. The van der Waals surface area contributed by atoms with Gasteiger partial charge in [0, 0.05) is 38.3 Å². The van der Waals surface area contributed by atoms with Crippen LogP contribution in [0.3, 0.4) is 0 Å². The number of aromatic nitrogens is 1. The second kappa shape index (κ2) is 8.43. The number of nitrogens with two attached hydrogens (primary N) is 1. The molecular weight excluding hydrogens is 390 g/mol. The van der Waals surface area contributed by atoms with Crippen LogP contribution in [0.2, 0.25) is 0 Å². The van der Waals surface area contributed by atoms with Crippen molar-refractivity contribution in [1.82, 2.24) is 8.87 Å². The minimum Gasteiger partial charge on any atom is -0.461 e. The summed E-state index contributed by atoms with van der Waals surface area (Å²) in [7, 11) is -2.12. The molecule has 0 radical (unpaired) electrons. The van der Waals surface area contributed by atoms with Gasteiger partial charge >= 0.3 is 5.97 Å². The Labute approximate surface area is 165 Å². The van der Waals surface area contributed by atoms with Crippen molar-refractivity contribution >= 4 is 28.4 Å². The van der Waals surface area contributed by atoms with E-state index in [0.29, 0.717) is 6.54 Å². The first kappa shape index (κ1) is 21.4. The van der Waals surface area contributed by atoms with Gasteiger partial charge < -0.3 is 15.0 Å². The Hall–Kier alpha value is -1.87. The van der Waals surface area contributed by atoms with Crippen LogP contribution in [0.5, 0.6) is 0 Å². The Balaban J connectivity index is 0.00000261. The highest BCUT2D eigenvalue weighted by molar-refractivity contribution is 7.89. The number of carbonyl (C=O) groups is 1. The first-order valence-electron chi connectivity index (χ1n) is 8.48. The molecule has 0 spiro atoms. The number of aryl methyl sites for hydroxylation is 1. The number of benzene rings is 1. The zero-order valence-electron chi connectivity index (χ0n) is 15.2. The summed E-state index contributed by atoms with van der Waals surface area (Å²) in [5.41, 5.74) is 7.44. The summed E-state index contributed by atoms with van der Waals surface area (Å²) in [5.74, 6) is -0.601. The quantitative estimate of drug-likeness (QED) is 0.753. The van der Waals surface area contributed by atoms with Crippen LogP contribution in [-0.4, -0.2) is 49.0 Å². The minimum absolute atomic E-state index is 0. The first-order valence-corrected chi connectivity index (χ1v) is 9.92. The van der Waals surface area contributed by atoms with Gasteiger partial charge in [0.25, 0.3) is 0 Å². The smallest absolute Gasteiger partial charge is 0.354 e. The van der Waals surface area contributed by atoms with Crippen molar-refractivity contribution in [3.05, 3.63) is 53.9 Å². The van der Waals surface area contributed by atoms with E-state index in [4.69, 9.17) is 10.5 Å². The van der Waals surface area contributed by atoms with Crippen LogP contribution >= 0.6 is 12.4 Å². The molecular formula is C18H24ClN3O4S. The summed E-state index contributed by atoms with van der Waals surface area (Å²) >= 11 is 0. The van der Waals surface area contributed by atoms with E-state index in [9.17, 15) is 13.2 Å². The molecule has 148 valence electrons. The van der Waals surface area contributed by atoms with E-state index < -0.39 is 16.0 Å². The van der Waals surface area contributed by atoms with Crippen LogP contribution < -0.4 is 5.73 Å². The molecule has 0 aliphatic carbocycles. The molecule has 1 aromatic heterocycles. The van der Waals surface area contributed by atoms with Gasteiger partial charge in [-0.05, 0) is 18.6 Å². The van der Waals surface area contributed by atoms with Crippen LogP contribution in [0.1, 0.15) is 28.9 Å². The van der Waals surface area contributed by atoms with Gasteiger partial charge in [-0.25, -0.2) is 13.2 Å². The molecule has 2 atom stereocenters. The standard InChI is InChI=1S/C18H23N3O4S.ClH/c1-3-25-18(22)17-9-14(10-20(17)2)26(23,24)21-11-15(16(19)12-21)13-7-5-4-6-8-13;/h4-10,15-16H,3,11-12,19H2,1-2H3;1H/t15-,16+;/m0./s1. The maximum Gasteiger partial charge on any atom is 0.354 e. The normalized spacial score (nSPS) is 20.3. The minimum atomic E-state index is -3.74. The Morgan fingerprint density at radius 2 is 1.93 bits per heavy atom. The predicted molar refractivity (Wildman–Crippen MR) is 105 cm³/mol. The molecule has 2 heterocycles. The molecule has 1 aromatic carbocycles. The highest BCUT2D eigenvalue weighted by atomic mass is 35.5. The molecule has 9 heteroatoms. The molecule has 0 unspecified atom stereocenters. The summed E-state index contributed by atoms with van der Waals surface area (Å²) < 4.78 is 33.8. The molecule has 2 N–H and O–H groups in total. The van der Waals surface area contributed by atoms with E-state index >= 15 is 0 Å². The third-order valence-corrected chi connectivity index (χ3v) is 6.46. The monoisotopic (exact) mass is 413 g/mol. The van der Waals surface area contributed by atoms with Gasteiger partial charge in [0.1, 0.15) is 10.6 Å². The fourth-order valence-electron chi connectivity index (χ4n) is 3.27. The molecule has 1 fully saturated rings. The van der Waals surface area contributed by atoms with E-state index in [-0.39, 0.29) is 48.1 Å². The van der Waals surface area contributed by atoms with Crippen LogP contribution in [-0.2, 0) is 21.8 Å². The van der Waals surface area contributed by atoms with Crippen LogP contribution in [0, 0.1) is 0 Å². The number of esters is 1. The number of carbonyl (C=O) groups excluding carboxylic acids is 1. The number of rotatable bonds is 5. The van der Waals surface area contributed by atoms with Crippen molar-refractivity contribution in [2.75, 3.05) is 19.7 Å². The van der Waals surface area contributed by atoms with Crippen LogP contribution in [0.4, 0.5) is 0 Å². The maximum absolute atomic E-state index is 13.0. The third-order valence-electron chi connectivity index (χ3n) is 4.66. The second-order valence-electron chi connectivity index (χ2n) is 6.40. The van der Waals surface area contributed by atoms with Crippen molar-refractivity contribution in [2.45, 2.75) is 23.8 Å². The molecule has 0 bridgehead atoms. The SMILES string of the molecule is CCOC(=O)c1cc(S(=O)(=O)N2C[C@@H](N)[C@H](c3ccccc3)C2)cn1C.Cl. The second-order valence-corrected chi connectivity index (χ2v) is 8.33. The average Bonchev–Trinajstić information content (AvgIpc) is 3.20. The first-order chi connectivity index (χ1) is 12.3. The van der Waals surface area contributed by atoms with Crippen molar-refractivity contribution in [1.29, 1.82) is 0 Å². The van der Waals surface area contributed by atoms with Gasteiger partial charge in [0.2, 0.25) is 10.0 Å². The highest BCUT2D eigenvalue weighted by Crippen LogP contribution is 2.31. The lowest BCUT2D eigenvalue weighted by Crippen LogP contribution is -2.32. The Morgan fingerprint density at radius 3 is 2.56 bits per heavy atom. The topological polar surface area (TPSA) is 94.6 Å². The number of nitrogens with zero attached hydrogens (tertiary/aromatic N) is 2. The highest BCUT2D eigenvalue weighted by Gasteiger charge is 2.39. The largest absolute Gasteiger partial charge is 0.461 e. The van der Waals surface area contributed by atoms with Crippen molar-refractivity contribution in [2.24, 2.45) is 12.8 Å². The molecule has 7 nitrogen and oxygen atoms in total. The molecule has 0 amide bonds. The summed E-state index contributed by atoms with van der Waals surface area (Å²) in [6.45, 7) is 2.49. The van der Waals surface area contributed by atoms with Crippen LogP contribution in [0.25, 0.3) is 0 Å². The zero-order valence-corrected chi connectivity index (χ0v) is 16.9. The summed E-state index contributed by atoms with van der Waals surface area (Å²) in [5, 5.41) is 0. The fourth-order valence-corrected chi connectivity index (χ4v) is 4.85. The summed E-state index contributed by atoms with van der Waals surface area (Å²) in [6.07, 6.45) is 1.43. The van der Waals surface area contributed by atoms with Gasteiger partial charge in [-0.15, -0.1) is 12.4 Å². The molecule has 0 saturated carbocycles. The molecule has 1 aliphatic rings. The Bertz CT molecular complexity index is 899. The van der Waals surface area contributed by atoms with Gasteiger partial charge in [-0.2, -0.15) is 4.31 Å². The lowest BCUT2D eigenvalue weighted by molar-refractivity contribution is 0.0515. The van der Waals surface area contributed by atoms with Crippen molar-refractivity contribution in [3.63, 3.8) is 0 Å². The van der Waals surface area contributed by atoms with E-state index in [0.717, 1.165) is 5.56 Å².